The first-order valence-corrected chi connectivity index (χ1v) is 10.4. The van der Waals surface area contributed by atoms with Crippen molar-refractivity contribution in [3.05, 3.63) is 42.2 Å². The third kappa shape index (κ3) is 3.92. The molecule has 2 aromatic rings. The van der Waals surface area contributed by atoms with Gasteiger partial charge < -0.3 is 0 Å². The molecule has 134 valence electrons. The first-order chi connectivity index (χ1) is 11.9. The van der Waals surface area contributed by atoms with Gasteiger partial charge in [0.2, 0.25) is 0 Å². The Labute approximate surface area is 147 Å². The normalized spacial score (nSPS) is 18.6. The Morgan fingerprint density at radius 3 is 2.60 bits per heavy atom. The highest BCUT2D eigenvalue weighted by Crippen LogP contribution is 2.35. The summed E-state index contributed by atoms with van der Waals surface area (Å²) >= 11 is 0. The van der Waals surface area contributed by atoms with E-state index in [2.05, 4.69) is 27.4 Å². The van der Waals surface area contributed by atoms with Gasteiger partial charge in [-0.25, -0.2) is 19.4 Å². The lowest BCUT2D eigenvalue weighted by atomic mass is 9.91. The number of carbonyl (C=O) groups is 1. The lowest BCUT2D eigenvalue weighted by Gasteiger charge is -2.38. The molecule has 1 aliphatic heterocycles. The Balaban J connectivity index is 1.72. The van der Waals surface area contributed by atoms with E-state index in [-0.39, 0.29) is 0 Å². The lowest BCUT2D eigenvalue weighted by molar-refractivity contribution is -0.136. The molecule has 0 unspecified atom stereocenters. The topological polar surface area (TPSA) is 92.1 Å². The maximum atomic E-state index is 12.3. The van der Waals surface area contributed by atoms with E-state index >= 15 is 0 Å². The van der Waals surface area contributed by atoms with Crippen LogP contribution in [-0.2, 0) is 11.3 Å². The Morgan fingerprint density at radius 2 is 1.96 bits per heavy atom. The molecule has 1 aromatic carbocycles. The quantitative estimate of drug-likeness (QED) is 0.421. The highest BCUT2D eigenvalue weighted by Gasteiger charge is 2.40. The summed E-state index contributed by atoms with van der Waals surface area (Å²) in [5, 5.41) is 20.7. The van der Waals surface area contributed by atoms with Crippen LogP contribution in [0.2, 0.25) is 0 Å². The van der Waals surface area contributed by atoms with Crippen LogP contribution in [0, 0.1) is 0 Å². The molecule has 0 radical (unpaired) electrons. The number of nitrogens with zero attached hydrogens (tertiary/aromatic N) is 3. The van der Waals surface area contributed by atoms with Crippen LogP contribution >= 0.6 is 9.21 Å². The van der Waals surface area contributed by atoms with Crippen LogP contribution in [0.4, 0.5) is 0 Å². The van der Waals surface area contributed by atoms with Gasteiger partial charge >= 0.3 is 0 Å². The zero-order chi connectivity index (χ0) is 17.9. The van der Waals surface area contributed by atoms with E-state index < -0.39 is 20.7 Å². The lowest BCUT2D eigenvalue weighted by Crippen LogP contribution is -2.58. The molecule has 0 saturated carbocycles. The van der Waals surface area contributed by atoms with Crippen LogP contribution < -0.4 is 10.8 Å². The number of nitrogens with one attached hydrogen (secondary N) is 2. The summed E-state index contributed by atoms with van der Waals surface area (Å²) in [6, 6.07) is 9.70. The average molecular weight is 361 g/mol. The molecular weight excluding hydrogens is 338 g/mol. The molecule has 0 aliphatic carbocycles. The molecule has 3 rings (SSSR count). The third-order valence-electron chi connectivity index (χ3n) is 4.63. The summed E-state index contributed by atoms with van der Waals surface area (Å²) in [5.74, 6) is 9.46. The number of hydrogen-bond donors (Lipinski definition) is 3. The average Bonchev–Trinajstić information content (AvgIpc) is 3.10. The molecule has 3 N–H and O–H groups in total. The van der Waals surface area contributed by atoms with Crippen molar-refractivity contribution in [1.82, 2.24) is 25.8 Å². The number of rotatable bonds is 5. The van der Waals surface area contributed by atoms with Crippen molar-refractivity contribution in [3.8, 4) is 5.69 Å². The van der Waals surface area contributed by atoms with Gasteiger partial charge in [0, 0.05) is 6.54 Å². The van der Waals surface area contributed by atoms with Crippen LogP contribution in [-0.4, -0.2) is 54.9 Å². The second-order valence-corrected chi connectivity index (χ2v) is 9.77. The second kappa shape index (κ2) is 6.99. The van der Waals surface area contributed by atoms with Gasteiger partial charge in [-0.3, -0.25) is 15.3 Å². The van der Waals surface area contributed by atoms with Crippen molar-refractivity contribution in [1.29, 1.82) is 0 Å². The molecule has 0 atom stereocenters. The fourth-order valence-corrected chi connectivity index (χ4v) is 4.71. The maximum absolute atomic E-state index is 12.3. The van der Waals surface area contributed by atoms with Gasteiger partial charge in [-0.05, 0) is 36.5 Å². The molecule has 25 heavy (non-hydrogen) atoms. The molecule has 1 aromatic heterocycles. The minimum atomic E-state index is -1.14. The largest absolute Gasteiger partial charge is 0.297 e. The number of benzene rings is 1. The minimum Gasteiger partial charge on any atom is -0.297 e. The first kappa shape index (κ1) is 17.7. The number of aromatic nitrogens is 3. The van der Waals surface area contributed by atoms with E-state index in [1.807, 2.05) is 36.5 Å². The maximum Gasteiger partial charge on any atom is 0.263 e. The monoisotopic (exact) mass is 361 g/mol. The Bertz CT molecular complexity index is 831. The number of carbonyl (C=O) groups excluding carboxylic acids is 1. The summed E-state index contributed by atoms with van der Waals surface area (Å²) in [6.45, 7) is 0.386. The molecule has 7 nitrogen and oxygen atoms in total. The van der Waals surface area contributed by atoms with Crippen LogP contribution in [0.5, 0.6) is 0 Å². The number of hydrogen-bond acceptors (Lipinski definition) is 5. The number of amides is 1. The standard InChI is InChI=1S/C17H23N5O2S/c1-25(2)10-8-17(9-11-25,16(23)20-24)18-12-14-13-22(21-19-14)15-6-4-3-5-7-15/h3-7,13,18,24H,1-2,8-12H2,(H,20,23). The highest BCUT2D eigenvalue weighted by molar-refractivity contribution is 8.27. The summed E-state index contributed by atoms with van der Waals surface area (Å²) < 4.78 is 1.69. The van der Waals surface area contributed by atoms with E-state index in [9.17, 15) is 4.79 Å². The van der Waals surface area contributed by atoms with Crippen molar-refractivity contribution in [3.63, 3.8) is 0 Å². The van der Waals surface area contributed by atoms with Gasteiger partial charge in [-0.15, -0.1) is 5.10 Å². The van der Waals surface area contributed by atoms with E-state index in [1.165, 1.54) is 0 Å². The van der Waals surface area contributed by atoms with Crippen molar-refractivity contribution in [2.75, 3.05) is 11.5 Å². The van der Waals surface area contributed by atoms with E-state index in [0.29, 0.717) is 19.4 Å². The molecule has 8 heteroatoms. The molecule has 1 fully saturated rings. The summed E-state index contributed by atoms with van der Waals surface area (Å²) in [7, 11) is -1.14. The SMILES string of the molecule is C=S1(=C)CCC(NCc2cn(-c3ccccc3)nn2)(C(=O)NO)CC1. The zero-order valence-electron chi connectivity index (χ0n) is 14.0. The predicted molar refractivity (Wildman–Crippen MR) is 102 cm³/mol. The van der Waals surface area contributed by atoms with Crippen LogP contribution in [0.25, 0.3) is 5.69 Å². The third-order valence-corrected chi connectivity index (χ3v) is 6.77. The van der Waals surface area contributed by atoms with E-state index in [1.54, 1.807) is 10.2 Å². The zero-order valence-corrected chi connectivity index (χ0v) is 14.8. The molecule has 2 heterocycles. The second-order valence-electron chi connectivity index (χ2n) is 6.50. The van der Waals surface area contributed by atoms with Crippen LogP contribution in [0.3, 0.4) is 0 Å². The van der Waals surface area contributed by atoms with Gasteiger partial charge in [-0.2, -0.15) is 0 Å². The van der Waals surface area contributed by atoms with Gasteiger partial charge in [-0.1, -0.05) is 35.2 Å². The Hall–Kier alpha value is -2.16. The highest BCUT2D eigenvalue weighted by atomic mass is 32.2. The fraction of sp³-hybridized carbons (Fsp3) is 0.353. The van der Waals surface area contributed by atoms with Crippen molar-refractivity contribution >= 4 is 26.9 Å². The van der Waals surface area contributed by atoms with Crippen molar-refractivity contribution < 1.29 is 10.0 Å². The molecule has 1 saturated heterocycles. The van der Waals surface area contributed by atoms with E-state index in [4.69, 9.17) is 5.21 Å². The number of hydroxylamine groups is 1. The van der Waals surface area contributed by atoms with Gasteiger partial charge in [0.25, 0.3) is 5.91 Å². The van der Waals surface area contributed by atoms with Gasteiger partial charge in [0.15, 0.2) is 0 Å². The smallest absolute Gasteiger partial charge is 0.263 e. The summed E-state index contributed by atoms with van der Waals surface area (Å²) in [4.78, 5) is 12.3. The van der Waals surface area contributed by atoms with Crippen LogP contribution in [0.1, 0.15) is 18.5 Å². The summed E-state index contributed by atoms with van der Waals surface area (Å²) in [5.41, 5.74) is 2.62. The number of para-hydroxylation sites is 1. The molecular formula is C17H23N5O2S. The van der Waals surface area contributed by atoms with Crippen molar-refractivity contribution in [2.45, 2.75) is 24.9 Å². The molecule has 1 aliphatic rings. The van der Waals surface area contributed by atoms with Crippen molar-refractivity contribution in [2.24, 2.45) is 0 Å². The molecule has 0 spiro atoms. The predicted octanol–water partition coefficient (Wildman–Crippen LogP) is 1.06. The fourth-order valence-electron chi connectivity index (χ4n) is 2.95. The molecule has 1 amide bonds. The van der Waals surface area contributed by atoms with Gasteiger partial charge in [0.05, 0.1) is 17.6 Å². The van der Waals surface area contributed by atoms with Gasteiger partial charge in [0.1, 0.15) is 5.54 Å². The minimum absolute atomic E-state index is 0.386. The van der Waals surface area contributed by atoms with E-state index in [0.717, 1.165) is 22.9 Å². The Morgan fingerprint density at radius 1 is 1.28 bits per heavy atom. The van der Waals surface area contributed by atoms with Crippen LogP contribution in [0.15, 0.2) is 36.5 Å². The first-order valence-electron chi connectivity index (χ1n) is 8.05. The Kier molecular flexibility index (Phi) is 4.94. The summed E-state index contributed by atoms with van der Waals surface area (Å²) in [6.07, 6.45) is 3.01. The molecule has 0 bridgehead atoms.